The van der Waals surface area contributed by atoms with E-state index in [2.05, 4.69) is 22.5 Å². The molecule has 20 heavy (non-hydrogen) atoms. The van der Waals surface area contributed by atoms with Gasteiger partial charge in [-0.1, -0.05) is 12.1 Å². The maximum Gasteiger partial charge on any atom is 0.221 e. The SMILES string of the molecule is CC(=O)Nc1ccc(CNCc2ccncc2C)cc1. The number of carbonyl (C=O) groups is 1. The van der Waals surface area contributed by atoms with E-state index < -0.39 is 0 Å². The van der Waals surface area contributed by atoms with Crippen molar-refractivity contribution in [1.29, 1.82) is 0 Å². The summed E-state index contributed by atoms with van der Waals surface area (Å²) in [7, 11) is 0. The smallest absolute Gasteiger partial charge is 0.221 e. The van der Waals surface area contributed by atoms with Gasteiger partial charge in [-0.05, 0) is 41.8 Å². The van der Waals surface area contributed by atoms with Gasteiger partial charge in [0.05, 0.1) is 0 Å². The number of pyridine rings is 1. The van der Waals surface area contributed by atoms with E-state index in [0.717, 1.165) is 18.8 Å². The first kappa shape index (κ1) is 14.2. The molecule has 2 N–H and O–H groups in total. The third-order valence-electron chi connectivity index (χ3n) is 3.06. The van der Waals surface area contributed by atoms with Gasteiger partial charge in [0.25, 0.3) is 0 Å². The standard InChI is InChI=1S/C16H19N3O/c1-12-9-17-8-7-15(12)11-18-10-14-3-5-16(6-4-14)19-13(2)20/h3-9,18H,10-11H2,1-2H3,(H,19,20). The first-order valence-corrected chi connectivity index (χ1v) is 6.62. The van der Waals surface area contributed by atoms with E-state index in [0.29, 0.717) is 0 Å². The van der Waals surface area contributed by atoms with E-state index in [1.807, 2.05) is 42.7 Å². The fourth-order valence-electron chi connectivity index (χ4n) is 1.95. The Hall–Kier alpha value is -2.20. The van der Waals surface area contributed by atoms with E-state index in [-0.39, 0.29) is 5.91 Å². The lowest BCUT2D eigenvalue weighted by atomic mass is 10.1. The Bertz CT molecular complexity index is 579. The van der Waals surface area contributed by atoms with Crippen LogP contribution in [-0.4, -0.2) is 10.9 Å². The zero-order chi connectivity index (χ0) is 14.4. The van der Waals surface area contributed by atoms with Gasteiger partial charge in [0.1, 0.15) is 0 Å². The average Bonchev–Trinajstić information content (AvgIpc) is 2.42. The van der Waals surface area contributed by atoms with Crippen molar-refractivity contribution in [3.63, 3.8) is 0 Å². The maximum atomic E-state index is 10.9. The Balaban J connectivity index is 1.85. The molecule has 0 spiro atoms. The first-order chi connectivity index (χ1) is 9.65. The summed E-state index contributed by atoms with van der Waals surface area (Å²) in [6.07, 6.45) is 3.69. The molecule has 0 unspecified atom stereocenters. The molecular formula is C16H19N3O. The Kier molecular flexibility index (Phi) is 4.85. The molecule has 0 aliphatic rings. The van der Waals surface area contributed by atoms with Crippen molar-refractivity contribution in [3.05, 3.63) is 59.4 Å². The zero-order valence-electron chi connectivity index (χ0n) is 11.8. The molecule has 0 aliphatic carbocycles. The van der Waals surface area contributed by atoms with Gasteiger partial charge in [0, 0.05) is 38.1 Å². The molecule has 0 saturated carbocycles. The van der Waals surface area contributed by atoms with Crippen LogP contribution < -0.4 is 10.6 Å². The lowest BCUT2D eigenvalue weighted by Crippen LogP contribution is -2.13. The van der Waals surface area contributed by atoms with Crippen LogP contribution in [0.5, 0.6) is 0 Å². The predicted octanol–water partition coefficient (Wildman–Crippen LogP) is 2.64. The normalized spacial score (nSPS) is 10.3. The van der Waals surface area contributed by atoms with Crippen molar-refractivity contribution in [2.75, 3.05) is 5.32 Å². The number of benzene rings is 1. The van der Waals surface area contributed by atoms with Crippen LogP contribution >= 0.6 is 0 Å². The third kappa shape index (κ3) is 4.17. The second-order valence-corrected chi connectivity index (χ2v) is 4.78. The number of hydrogen-bond donors (Lipinski definition) is 2. The molecule has 1 amide bonds. The number of nitrogens with zero attached hydrogens (tertiary/aromatic N) is 1. The van der Waals surface area contributed by atoms with Crippen LogP contribution in [0.25, 0.3) is 0 Å². The molecule has 0 fully saturated rings. The fraction of sp³-hybridized carbons (Fsp3) is 0.250. The maximum absolute atomic E-state index is 10.9. The quantitative estimate of drug-likeness (QED) is 0.877. The van der Waals surface area contributed by atoms with Gasteiger partial charge in [-0.3, -0.25) is 9.78 Å². The van der Waals surface area contributed by atoms with Crippen LogP contribution in [0.4, 0.5) is 5.69 Å². The van der Waals surface area contributed by atoms with E-state index in [1.54, 1.807) is 0 Å². The Morgan fingerprint density at radius 1 is 1.15 bits per heavy atom. The second kappa shape index (κ2) is 6.82. The molecule has 0 atom stereocenters. The number of rotatable bonds is 5. The first-order valence-electron chi connectivity index (χ1n) is 6.62. The van der Waals surface area contributed by atoms with E-state index in [9.17, 15) is 4.79 Å². The highest BCUT2D eigenvalue weighted by atomic mass is 16.1. The van der Waals surface area contributed by atoms with Crippen LogP contribution in [0.1, 0.15) is 23.6 Å². The van der Waals surface area contributed by atoms with E-state index >= 15 is 0 Å². The number of nitrogens with one attached hydrogen (secondary N) is 2. The van der Waals surface area contributed by atoms with Crippen LogP contribution in [0.15, 0.2) is 42.7 Å². The monoisotopic (exact) mass is 269 g/mol. The summed E-state index contributed by atoms with van der Waals surface area (Å²) in [6.45, 7) is 5.18. The van der Waals surface area contributed by atoms with Crippen LogP contribution in [-0.2, 0) is 17.9 Å². The summed E-state index contributed by atoms with van der Waals surface area (Å²) in [5.74, 6) is -0.0518. The molecular weight excluding hydrogens is 250 g/mol. The lowest BCUT2D eigenvalue weighted by Gasteiger charge is -2.08. The number of carbonyl (C=O) groups excluding carboxylic acids is 1. The van der Waals surface area contributed by atoms with Crippen molar-refractivity contribution in [2.24, 2.45) is 0 Å². The fourth-order valence-corrected chi connectivity index (χ4v) is 1.95. The molecule has 4 heteroatoms. The topological polar surface area (TPSA) is 54.0 Å². The molecule has 1 aromatic heterocycles. The molecule has 1 aromatic carbocycles. The molecule has 0 aliphatic heterocycles. The highest BCUT2D eigenvalue weighted by Crippen LogP contribution is 2.10. The number of anilines is 1. The van der Waals surface area contributed by atoms with Crippen molar-refractivity contribution < 1.29 is 4.79 Å². The lowest BCUT2D eigenvalue weighted by molar-refractivity contribution is -0.114. The van der Waals surface area contributed by atoms with Crippen molar-refractivity contribution in [3.8, 4) is 0 Å². The van der Waals surface area contributed by atoms with E-state index in [4.69, 9.17) is 0 Å². The Labute approximate surface area is 119 Å². The summed E-state index contributed by atoms with van der Waals surface area (Å²) in [6, 6.07) is 9.88. The summed E-state index contributed by atoms with van der Waals surface area (Å²) in [5, 5.41) is 6.16. The number of aryl methyl sites for hydroxylation is 1. The van der Waals surface area contributed by atoms with Crippen molar-refractivity contribution >= 4 is 11.6 Å². The van der Waals surface area contributed by atoms with Gasteiger partial charge in [-0.2, -0.15) is 0 Å². The summed E-state index contributed by atoms with van der Waals surface area (Å²) >= 11 is 0. The van der Waals surface area contributed by atoms with Crippen LogP contribution in [0.2, 0.25) is 0 Å². The molecule has 4 nitrogen and oxygen atoms in total. The van der Waals surface area contributed by atoms with Gasteiger partial charge in [-0.25, -0.2) is 0 Å². The number of amides is 1. The minimum Gasteiger partial charge on any atom is -0.326 e. The van der Waals surface area contributed by atoms with Gasteiger partial charge < -0.3 is 10.6 Å². The molecule has 104 valence electrons. The number of aromatic nitrogens is 1. The summed E-state index contributed by atoms with van der Waals surface area (Å²) < 4.78 is 0. The van der Waals surface area contributed by atoms with Crippen LogP contribution in [0, 0.1) is 6.92 Å². The van der Waals surface area contributed by atoms with Gasteiger partial charge >= 0.3 is 0 Å². The highest BCUT2D eigenvalue weighted by Gasteiger charge is 1.99. The zero-order valence-corrected chi connectivity index (χ0v) is 11.8. The number of hydrogen-bond acceptors (Lipinski definition) is 3. The van der Waals surface area contributed by atoms with Crippen molar-refractivity contribution in [2.45, 2.75) is 26.9 Å². The molecule has 0 saturated heterocycles. The molecule has 2 aromatic rings. The predicted molar refractivity (Wildman–Crippen MR) is 80.3 cm³/mol. The average molecular weight is 269 g/mol. The molecule has 0 radical (unpaired) electrons. The third-order valence-corrected chi connectivity index (χ3v) is 3.06. The van der Waals surface area contributed by atoms with Gasteiger partial charge in [0.2, 0.25) is 5.91 Å². The Morgan fingerprint density at radius 3 is 2.55 bits per heavy atom. The minimum atomic E-state index is -0.0518. The van der Waals surface area contributed by atoms with Crippen molar-refractivity contribution in [1.82, 2.24) is 10.3 Å². The second-order valence-electron chi connectivity index (χ2n) is 4.78. The summed E-state index contributed by atoms with van der Waals surface area (Å²) in [4.78, 5) is 15.0. The molecule has 2 rings (SSSR count). The van der Waals surface area contributed by atoms with Gasteiger partial charge in [0.15, 0.2) is 0 Å². The van der Waals surface area contributed by atoms with E-state index in [1.165, 1.54) is 23.6 Å². The molecule has 1 heterocycles. The minimum absolute atomic E-state index is 0.0518. The Morgan fingerprint density at radius 2 is 1.90 bits per heavy atom. The van der Waals surface area contributed by atoms with Gasteiger partial charge in [-0.15, -0.1) is 0 Å². The molecule has 0 bridgehead atoms. The van der Waals surface area contributed by atoms with Crippen LogP contribution in [0.3, 0.4) is 0 Å². The largest absolute Gasteiger partial charge is 0.326 e. The summed E-state index contributed by atoms with van der Waals surface area (Å²) in [5.41, 5.74) is 4.47. The highest BCUT2D eigenvalue weighted by molar-refractivity contribution is 5.88.